The lowest BCUT2D eigenvalue weighted by Gasteiger charge is -2.15. The van der Waals surface area contributed by atoms with E-state index in [1.54, 1.807) is 0 Å². The third-order valence-electron chi connectivity index (χ3n) is 4.14. The van der Waals surface area contributed by atoms with Crippen LogP contribution >= 0.6 is 11.6 Å². The molecule has 2 rings (SSSR count). The molecule has 1 aromatic rings. The molecular formula is C19H23ClN4O2. The van der Waals surface area contributed by atoms with Crippen molar-refractivity contribution in [3.63, 3.8) is 0 Å². The molecule has 1 saturated heterocycles. The Morgan fingerprint density at radius 1 is 1.31 bits per heavy atom. The molecule has 1 aromatic carbocycles. The van der Waals surface area contributed by atoms with E-state index in [0.29, 0.717) is 37.5 Å². The van der Waals surface area contributed by atoms with Gasteiger partial charge in [-0.05, 0) is 37.0 Å². The van der Waals surface area contributed by atoms with Crippen LogP contribution in [0.3, 0.4) is 0 Å². The average molecular weight is 375 g/mol. The molecule has 0 aliphatic carbocycles. The van der Waals surface area contributed by atoms with Gasteiger partial charge in [0.25, 0.3) is 5.91 Å². The molecule has 0 spiro atoms. The maximum atomic E-state index is 12.0. The number of hydrogen-bond acceptors (Lipinski definition) is 4. The van der Waals surface area contributed by atoms with Crippen LogP contribution < -0.4 is 10.6 Å². The van der Waals surface area contributed by atoms with Crippen LogP contribution in [0.2, 0.25) is 5.02 Å². The molecule has 26 heavy (non-hydrogen) atoms. The number of rotatable bonds is 9. The minimum atomic E-state index is -0.403. The fourth-order valence-electron chi connectivity index (χ4n) is 2.70. The number of carbonyl (C=O) groups excluding carboxylic acids is 2. The third kappa shape index (κ3) is 6.41. The van der Waals surface area contributed by atoms with E-state index in [1.807, 2.05) is 35.2 Å². The molecule has 1 fully saturated rings. The van der Waals surface area contributed by atoms with E-state index in [9.17, 15) is 9.59 Å². The molecule has 6 nitrogen and oxygen atoms in total. The number of nitrogens with zero attached hydrogens (tertiary/aromatic N) is 2. The topological polar surface area (TPSA) is 85.2 Å². The molecule has 1 heterocycles. The first kappa shape index (κ1) is 19.8. The lowest BCUT2D eigenvalue weighted by atomic mass is 10.1. The number of amides is 2. The zero-order chi connectivity index (χ0) is 18.8. The van der Waals surface area contributed by atoms with E-state index in [4.69, 9.17) is 16.9 Å². The highest BCUT2D eigenvalue weighted by atomic mass is 35.5. The fraction of sp³-hybridized carbons (Fsp3) is 0.421. The van der Waals surface area contributed by atoms with E-state index >= 15 is 0 Å². The summed E-state index contributed by atoms with van der Waals surface area (Å²) in [7, 11) is 0. The molecular weight excluding hydrogens is 352 g/mol. The van der Waals surface area contributed by atoms with Crippen LogP contribution in [0.1, 0.15) is 24.8 Å². The Morgan fingerprint density at radius 2 is 2.08 bits per heavy atom. The molecule has 2 N–H and O–H groups in total. The zero-order valence-corrected chi connectivity index (χ0v) is 15.4. The van der Waals surface area contributed by atoms with Gasteiger partial charge < -0.3 is 15.5 Å². The number of hydrogen-bond donors (Lipinski definition) is 2. The molecule has 0 bridgehead atoms. The first-order chi connectivity index (χ1) is 12.6. The van der Waals surface area contributed by atoms with Crippen LogP contribution in [0.4, 0.5) is 0 Å². The van der Waals surface area contributed by atoms with Gasteiger partial charge in [0.1, 0.15) is 11.6 Å². The van der Waals surface area contributed by atoms with Gasteiger partial charge in [0.05, 0.1) is 0 Å². The summed E-state index contributed by atoms with van der Waals surface area (Å²) in [6.07, 6.45) is 4.41. The van der Waals surface area contributed by atoms with E-state index < -0.39 is 5.91 Å². The first-order valence-corrected chi connectivity index (χ1v) is 9.12. The quantitative estimate of drug-likeness (QED) is 0.393. The minimum Gasteiger partial charge on any atom is -0.389 e. The van der Waals surface area contributed by atoms with E-state index in [1.165, 1.54) is 6.20 Å². The van der Waals surface area contributed by atoms with Crippen LogP contribution in [0, 0.1) is 11.3 Å². The van der Waals surface area contributed by atoms with Crippen LogP contribution in [-0.4, -0.2) is 42.9 Å². The van der Waals surface area contributed by atoms with Crippen molar-refractivity contribution in [1.29, 1.82) is 5.26 Å². The Bertz CT molecular complexity index is 694. The van der Waals surface area contributed by atoms with Crippen molar-refractivity contribution >= 4 is 23.4 Å². The summed E-state index contributed by atoms with van der Waals surface area (Å²) < 4.78 is 0. The monoisotopic (exact) mass is 374 g/mol. The average Bonchev–Trinajstić information content (AvgIpc) is 3.05. The molecule has 138 valence electrons. The third-order valence-corrected chi connectivity index (χ3v) is 4.40. The van der Waals surface area contributed by atoms with Gasteiger partial charge in [0.15, 0.2) is 0 Å². The first-order valence-electron chi connectivity index (χ1n) is 8.74. The largest absolute Gasteiger partial charge is 0.389 e. The Hall–Kier alpha value is -2.52. The molecule has 1 aliphatic heterocycles. The molecule has 2 amide bonds. The lowest BCUT2D eigenvalue weighted by Crippen LogP contribution is -2.31. The standard InChI is InChI=1S/C19H23ClN4O2/c20-17-6-4-15(5-7-17)8-10-22-14-16(13-21)19(26)23-9-2-12-24-11-1-3-18(24)25/h4-7,14,22H,1-3,8-12H2,(H,23,26)/b16-14-. The predicted octanol–water partition coefficient (Wildman–Crippen LogP) is 2.01. The normalized spacial score (nSPS) is 14.2. The predicted molar refractivity (Wildman–Crippen MR) is 100 cm³/mol. The van der Waals surface area contributed by atoms with Crippen molar-refractivity contribution in [2.45, 2.75) is 25.7 Å². The summed E-state index contributed by atoms with van der Waals surface area (Å²) in [4.78, 5) is 25.3. The van der Waals surface area contributed by atoms with Crippen LogP contribution in [0.15, 0.2) is 36.0 Å². The second-order valence-corrected chi connectivity index (χ2v) is 6.53. The molecule has 0 unspecified atom stereocenters. The van der Waals surface area contributed by atoms with Crippen molar-refractivity contribution in [2.75, 3.05) is 26.2 Å². The Morgan fingerprint density at radius 3 is 2.73 bits per heavy atom. The van der Waals surface area contributed by atoms with Gasteiger partial charge in [-0.1, -0.05) is 23.7 Å². The Balaban J connectivity index is 1.66. The molecule has 0 aromatic heterocycles. The number of nitriles is 1. The van der Waals surface area contributed by atoms with Gasteiger partial charge >= 0.3 is 0 Å². The fourth-order valence-corrected chi connectivity index (χ4v) is 2.82. The van der Waals surface area contributed by atoms with Gasteiger partial charge in [-0.2, -0.15) is 5.26 Å². The smallest absolute Gasteiger partial charge is 0.263 e. The van der Waals surface area contributed by atoms with Crippen molar-refractivity contribution in [3.05, 3.63) is 46.6 Å². The van der Waals surface area contributed by atoms with E-state index in [2.05, 4.69) is 10.6 Å². The number of halogens is 1. The summed E-state index contributed by atoms with van der Waals surface area (Å²) in [5.74, 6) is -0.224. The molecule has 0 atom stereocenters. The highest BCUT2D eigenvalue weighted by Gasteiger charge is 2.19. The maximum Gasteiger partial charge on any atom is 0.263 e. The zero-order valence-electron chi connectivity index (χ0n) is 14.6. The second kappa shape index (κ2) is 10.5. The molecule has 0 radical (unpaired) electrons. The van der Waals surface area contributed by atoms with Crippen LogP contribution in [0.25, 0.3) is 0 Å². The van der Waals surface area contributed by atoms with E-state index in [0.717, 1.165) is 24.9 Å². The Labute approximate surface area is 158 Å². The summed E-state index contributed by atoms with van der Waals surface area (Å²) in [5, 5.41) is 15.5. The highest BCUT2D eigenvalue weighted by molar-refractivity contribution is 6.30. The van der Waals surface area contributed by atoms with Crippen molar-refractivity contribution in [1.82, 2.24) is 15.5 Å². The Kier molecular flexibility index (Phi) is 7.97. The minimum absolute atomic E-state index is 0.0401. The van der Waals surface area contributed by atoms with Gasteiger partial charge in [-0.25, -0.2) is 0 Å². The second-order valence-electron chi connectivity index (χ2n) is 6.09. The maximum absolute atomic E-state index is 12.0. The number of benzene rings is 1. The molecule has 7 heteroatoms. The van der Waals surface area contributed by atoms with Gasteiger partial charge in [-0.3, -0.25) is 9.59 Å². The number of nitrogens with one attached hydrogen (secondary N) is 2. The molecule has 0 saturated carbocycles. The SMILES string of the molecule is N#C/C(=C/NCCc1ccc(Cl)cc1)C(=O)NCCCN1CCCC1=O. The number of likely N-dealkylation sites (tertiary alicyclic amines) is 1. The van der Waals surface area contributed by atoms with Crippen LogP contribution in [0.5, 0.6) is 0 Å². The number of carbonyl (C=O) groups is 2. The highest BCUT2D eigenvalue weighted by Crippen LogP contribution is 2.10. The van der Waals surface area contributed by atoms with Gasteiger partial charge in [0, 0.05) is 43.8 Å². The van der Waals surface area contributed by atoms with Crippen molar-refractivity contribution in [3.8, 4) is 6.07 Å². The summed E-state index contributed by atoms with van der Waals surface area (Å²) >= 11 is 5.84. The summed E-state index contributed by atoms with van der Waals surface area (Å²) in [5.41, 5.74) is 1.16. The van der Waals surface area contributed by atoms with Gasteiger partial charge in [0.2, 0.25) is 5.91 Å². The van der Waals surface area contributed by atoms with Crippen molar-refractivity contribution in [2.24, 2.45) is 0 Å². The lowest BCUT2D eigenvalue weighted by molar-refractivity contribution is -0.127. The van der Waals surface area contributed by atoms with Crippen LogP contribution in [-0.2, 0) is 16.0 Å². The van der Waals surface area contributed by atoms with Gasteiger partial charge in [-0.15, -0.1) is 0 Å². The summed E-state index contributed by atoms with van der Waals surface area (Å²) in [6.45, 7) is 2.49. The molecule has 1 aliphatic rings. The summed E-state index contributed by atoms with van der Waals surface area (Å²) in [6, 6.07) is 9.44. The van der Waals surface area contributed by atoms with E-state index in [-0.39, 0.29) is 11.5 Å². The van der Waals surface area contributed by atoms with Crippen molar-refractivity contribution < 1.29 is 9.59 Å².